The molecule has 2 heterocycles. The molecule has 0 bridgehead atoms. The fourth-order valence-corrected chi connectivity index (χ4v) is 3.24. The van der Waals surface area contributed by atoms with Gasteiger partial charge in [-0.2, -0.15) is 0 Å². The van der Waals surface area contributed by atoms with Crippen LogP contribution in [0.25, 0.3) is 0 Å². The standard InChI is InChI=1S/C12H20N2O3S/c15-18(16,14-10-12-5-3-8-17-12)9-6-11-4-1-2-7-13-11/h3,5,8,11,13-14H,1-2,4,6-7,9-10H2. The lowest BCUT2D eigenvalue weighted by Gasteiger charge is -2.23. The quantitative estimate of drug-likeness (QED) is 0.817. The summed E-state index contributed by atoms with van der Waals surface area (Å²) < 4.78 is 31.2. The molecule has 1 unspecified atom stereocenters. The van der Waals surface area contributed by atoms with Gasteiger partial charge in [0.05, 0.1) is 18.6 Å². The highest BCUT2D eigenvalue weighted by atomic mass is 32.2. The smallest absolute Gasteiger partial charge is 0.212 e. The van der Waals surface area contributed by atoms with E-state index in [4.69, 9.17) is 4.42 Å². The zero-order valence-electron chi connectivity index (χ0n) is 10.4. The molecule has 0 aliphatic carbocycles. The summed E-state index contributed by atoms with van der Waals surface area (Å²) in [7, 11) is -3.21. The fourth-order valence-electron chi connectivity index (χ4n) is 2.13. The zero-order chi connectivity index (χ0) is 12.8. The summed E-state index contributed by atoms with van der Waals surface area (Å²) in [6.45, 7) is 1.23. The molecule has 1 aliphatic heterocycles. The molecular formula is C12H20N2O3S. The van der Waals surface area contributed by atoms with Crippen LogP contribution < -0.4 is 10.0 Å². The second kappa shape index (κ2) is 6.36. The van der Waals surface area contributed by atoms with Gasteiger partial charge in [0.1, 0.15) is 5.76 Å². The maximum Gasteiger partial charge on any atom is 0.212 e. The normalized spacial score (nSPS) is 21.0. The van der Waals surface area contributed by atoms with E-state index in [0.717, 1.165) is 13.0 Å². The molecule has 1 aromatic heterocycles. The van der Waals surface area contributed by atoms with Crippen molar-refractivity contribution in [3.05, 3.63) is 24.2 Å². The Bertz CT molecular complexity index is 436. The summed E-state index contributed by atoms with van der Waals surface area (Å²) in [5.74, 6) is 0.806. The Balaban J connectivity index is 1.73. The van der Waals surface area contributed by atoms with Crippen LogP contribution in [0.2, 0.25) is 0 Å². The molecule has 2 rings (SSSR count). The topological polar surface area (TPSA) is 71.3 Å². The van der Waals surface area contributed by atoms with Crippen LogP contribution in [-0.4, -0.2) is 26.8 Å². The van der Waals surface area contributed by atoms with Crippen LogP contribution in [-0.2, 0) is 16.6 Å². The van der Waals surface area contributed by atoms with Crippen molar-refractivity contribution in [3.63, 3.8) is 0 Å². The number of hydrogen-bond donors (Lipinski definition) is 2. The van der Waals surface area contributed by atoms with E-state index < -0.39 is 10.0 Å². The minimum absolute atomic E-state index is 0.172. The molecule has 102 valence electrons. The van der Waals surface area contributed by atoms with Gasteiger partial charge in [0, 0.05) is 6.04 Å². The predicted octanol–water partition coefficient (Wildman–Crippen LogP) is 1.23. The molecule has 0 amide bonds. The van der Waals surface area contributed by atoms with Gasteiger partial charge in [0.15, 0.2) is 0 Å². The van der Waals surface area contributed by atoms with Crippen molar-refractivity contribution < 1.29 is 12.8 Å². The van der Waals surface area contributed by atoms with Crippen molar-refractivity contribution in [1.29, 1.82) is 0 Å². The first kappa shape index (κ1) is 13.6. The van der Waals surface area contributed by atoms with Gasteiger partial charge < -0.3 is 9.73 Å². The lowest BCUT2D eigenvalue weighted by molar-refractivity contribution is 0.392. The van der Waals surface area contributed by atoms with E-state index in [1.807, 2.05) is 0 Å². The van der Waals surface area contributed by atoms with E-state index in [1.165, 1.54) is 19.1 Å². The number of sulfonamides is 1. The number of rotatable bonds is 6. The Kier molecular flexibility index (Phi) is 4.79. The largest absolute Gasteiger partial charge is 0.468 e. The third-order valence-electron chi connectivity index (χ3n) is 3.19. The molecule has 0 radical (unpaired) electrons. The SMILES string of the molecule is O=S(=O)(CCC1CCCCN1)NCc1ccco1. The molecule has 1 fully saturated rings. The van der Waals surface area contributed by atoms with Crippen molar-refractivity contribution in [3.8, 4) is 0 Å². The molecule has 1 atom stereocenters. The average molecular weight is 272 g/mol. The van der Waals surface area contributed by atoms with Crippen molar-refractivity contribution in [2.24, 2.45) is 0 Å². The van der Waals surface area contributed by atoms with Gasteiger partial charge in [0.2, 0.25) is 10.0 Å². The second-order valence-corrected chi connectivity index (χ2v) is 6.58. The van der Waals surface area contributed by atoms with E-state index in [1.54, 1.807) is 12.1 Å². The first-order valence-corrected chi connectivity index (χ1v) is 8.04. The van der Waals surface area contributed by atoms with E-state index >= 15 is 0 Å². The highest BCUT2D eigenvalue weighted by Crippen LogP contribution is 2.11. The van der Waals surface area contributed by atoms with Crippen molar-refractivity contribution in [2.75, 3.05) is 12.3 Å². The number of piperidine rings is 1. The van der Waals surface area contributed by atoms with Gasteiger partial charge in [-0.05, 0) is 37.9 Å². The molecule has 5 nitrogen and oxygen atoms in total. The summed E-state index contributed by atoms with van der Waals surface area (Å²) >= 11 is 0. The van der Waals surface area contributed by atoms with Gasteiger partial charge in [-0.25, -0.2) is 13.1 Å². The summed E-state index contributed by atoms with van der Waals surface area (Å²) in [6.07, 6.45) is 5.67. The van der Waals surface area contributed by atoms with Gasteiger partial charge in [0.25, 0.3) is 0 Å². The van der Waals surface area contributed by atoms with Crippen LogP contribution in [0.1, 0.15) is 31.4 Å². The monoisotopic (exact) mass is 272 g/mol. The molecule has 2 N–H and O–H groups in total. The van der Waals surface area contributed by atoms with Crippen LogP contribution in [0.4, 0.5) is 0 Å². The van der Waals surface area contributed by atoms with Gasteiger partial charge in [-0.1, -0.05) is 6.42 Å². The maximum atomic E-state index is 11.8. The Morgan fingerprint density at radius 1 is 1.44 bits per heavy atom. The lowest BCUT2D eigenvalue weighted by atomic mass is 10.0. The minimum Gasteiger partial charge on any atom is -0.468 e. The Hall–Kier alpha value is -0.850. The van der Waals surface area contributed by atoms with Crippen molar-refractivity contribution in [1.82, 2.24) is 10.0 Å². The molecule has 1 saturated heterocycles. The number of hydrogen-bond acceptors (Lipinski definition) is 4. The van der Waals surface area contributed by atoms with E-state index in [0.29, 0.717) is 18.2 Å². The van der Waals surface area contributed by atoms with Gasteiger partial charge >= 0.3 is 0 Å². The van der Waals surface area contributed by atoms with Crippen LogP contribution >= 0.6 is 0 Å². The highest BCUT2D eigenvalue weighted by Gasteiger charge is 2.17. The van der Waals surface area contributed by atoms with Crippen LogP contribution in [0.5, 0.6) is 0 Å². The van der Waals surface area contributed by atoms with Crippen molar-refractivity contribution in [2.45, 2.75) is 38.3 Å². The van der Waals surface area contributed by atoms with Gasteiger partial charge in [-0.3, -0.25) is 0 Å². The highest BCUT2D eigenvalue weighted by molar-refractivity contribution is 7.89. The van der Waals surface area contributed by atoms with E-state index in [-0.39, 0.29) is 12.3 Å². The lowest BCUT2D eigenvalue weighted by Crippen LogP contribution is -2.37. The molecule has 6 heteroatoms. The molecule has 0 spiro atoms. The van der Waals surface area contributed by atoms with Crippen LogP contribution in [0.15, 0.2) is 22.8 Å². The predicted molar refractivity (Wildman–Crippen MR) is 69.6 cm³/mol. The minimum atomic E-state index is -3.21. The van der Waals surface area contributed by atoms with E-state index in [2.05, 4.69) is 10.0 Å². The number of nitrogens with one attached hydrogen (secondary N) is 2. The molecule has 1 aliphatic rings. The Morgan fingerprint density at radius 3 is 3.00 bits per heavy atom. The van der Waals surface area contributed by atoms with Crippen LogP contribution in [0, 0.1) is 0 Å². The summed E-state index contributed by atoms with van der Waals surface area (Å²) in [5, 5.41) is 3.35. The third-order valence-corrected chi connectivity index (χ3v) is 4.55. The average Bonchev–Trinajstić information content (AvgIpc) is 2.89. The molecule has 18 heavy (non-hydrogen) atoms. The second-order valence-electron chi connectivity index (χ2n) is 4.65. The fraction of sp³-hybridized carbons (Fsp3) is 0.667. The summed E-state index contributed by atoms with van der Waals surface area (Å²) in [4.78, 5) is 0. The summed E-state index contributed by atoms with van der Waals surface area (Å²) in [6, 6.07) is 3.85. The first-order valence-electron chi connectivity index (χ1n) is 6.39. The molecular weight excluding hydrogens is 252 g/mol. The number of furan rings is 1. The van der Waals surface area contributed by atoms with Gasteiger partial charge in [-0.15, -0.1) is 0 Å². The zero-order valence-corrected chi connectivity index (χ0v) is 11.2. The third kappa shape index (κ3) is 4.44. The van der Waals surface area contributed by atoms with Crippen LogP contribution in [0.3, 0.4) is 0 Å². The maximum absolute atomic E-state index is 11.8. The Morgan fingerprint density at radius 2 is 2.33 bits per heavy atom. The summed E-state index contributed by atoms with van der Waals surface area (Å²) in [5.41, 5.74) is 0. The first-order chi connectivity index (χ1) is 8.66. The molecule has 0 aromatic carbocycles. The Labute approximate surface area is 108 Å². The van der Waals surface area contributed by atoms with Crippen molar-refractivity contribution >= 4 is 10.0 Å². The molecule has 1 aromatic rings. The van der Waals surface area contributed by atoms with E-state index in [9.17, 15) is 8.42 Å². The molecule has 0 saturated carbocycles.